The van der Waals surface area contributed by atoms with Gasteiger partial charge in [-0.1, -0.05) is 0 Å². The van der Waals surface area contributed by atoms with E-state index < -0.39 is 21.7 Å². The molecule has 0 bridgehead atoms. The van der Waals surface area contributed by atoms with Crippen LogP contribution in [0.3, 0.4) is 0 Å². The lowest BCUT2D eigenvalue weighted by molar-refractivity contribution is 0.102. The number of phenolic OH excluding ortho intramolecular Hbond substituents is 1. The predicted molar refractivity (Wildman–Crippen MR) is 86.0 cm³/mol. The number of sulfonamides is 1. The second kappa shape index (κ2) is 6.08. The maximum absolute atomic E-state index is 12.8. The van der Waals surface area contributed by atoms with Gasteiger partial charge in [0.05, 0.1) is 23.3 Å². The van der Waals surface area contributed by atoms with Crippen LogP contribution >= 0.6 is 0 Å². The molecule has 1 aliphatic rings. The fourth-order valence-electron chi connectivity index (χ4n) is 2.41. The van der Waals surface area contributed by atoms with Crippen molar-refractivity contribution in [1.82, 2.24) is 4.98 Å². The number of hydrogen-bond acceptors (Lipinski definition) is 5. The zero-order valence-corrected chi connectivity index (χ0v) is 13.3. The van der Waals surface area contributed by atoms with E-state index >= 15 is 0 Å². The van der Waals surface area contributed by atoms with Gasteiger partial charge in [0.1, 0.15) is 17.3 Å². The van der Waals surface area contributed by atoms with Gasteiger partial charge in [-0.15, -0.1) is 0 Å². The van der Waals surface area contributed by atoms with Crippen LogP contribution in [0.5, 0.6) is 5.75 Å². The molecule has 1 aromatic carbocycles. The number of pyridine rings is 1. The van der Waals surface area contributed by atoms with Crippen LogP contribution in [0.2, 0.25) is 0 Å². The van der Waals surface area contributed by atoms with Crippen molar-refractivity contribution in [3.05, 3.63) is 48.0 Å². The first-order chi connectivity index (χ1) is 11.4. The SMILES string of the molecule is O=C(Nc1cc(N2CCCS2(=O)=O)ccc1O)c1ccc(F)cn1. The van der Waals surface area contributed by atoms with E-state index in [-0.39, 0.29) is 22.9 Å². The Balaban J connectivity index is 1.87. The third kappa shape index (κ3) is 3.16. The molecule has 1 fully saturated rings. The van der Waals surface area contributed by atoms with Crippen LogP contribution in [0.25, 0.3) is 0 Å². The molecule has 24 heavy (non-hydrogen) atoms. The van der Waals surface area contributed by atoms with Crippen LogP contribution in [0.1, 0.15) is 16.9 Å². The molecule has 0 saturated carbocycles. The normalized spacial score (nSPS) is 16.1. The maximum atomic E-state index is 12.8. The summed E-state index contributed by atoms with van der Waals surface area (Å²) in [4.78, 5) is 15.8. The Hall–Kier alpha value is -2.68. The molecule has 9 heteroatoms. The van der Waals surface area contributed by atoms with Crippen molar-refractivity contribution in [2.24, 2.45) is 0 Å². The first kappa shape index (κ1) is 16.2. The number of anilines is 2. The largest absolute Gasteiger partial charge is 0.506 e. The van der Waals surface area contributed by atoms with Crippen LogP contribution in [0.15, 0.2) is 36.5 Å². The quantitative estimate of drug-likeness (QED) is 0.820. The molecule has 2 N–H and O–H groups in total. The van der Waals surface area contributed by atoms with Gasteiger partial charge in [-0.25, -0.2) is 17.8 Å². The number of phenols is 1. The Morgan fingerprint density at radius 1 is 1.29 bits per heavy atom. The summed E-state index contributed by atoms with van der Waals surface area (Å²) in [6, 6.07) is 6.44. The summed E-state index contributed by atoms with van der Waals surface area (Å²) in [6.45, 7) is 0.347. The summed E-state index contributed by atoms with van der Waals surface area (Å²) >= 11 is 0. The summed E-state index contributed by atoms with van der Waals surface area (Å²) in [5, 5.41) is 12.3. The molecule has 1 amide bonds. The van der Waals surface area contributed by atoms with Crippen LogP contribution in [0.4, 0.5) is 15.8 Å². The summed E-state index contributed by atoms with van der Waals surface area (Å²) in [5.41, 5.74) is 0.369. The molecule has 1 aliphatic heterocycles. The Morgan fingerprint density at radius 3 is 2.71 bits per heavy atom. The molecule has 2 heterocycles. The molecule has 1 saturated heterocycles. The maximum Gasteiger partial charge on any atom is 0.274 e. The van der Waals surface area contributed by atoms with Crippen LogP contribution in [-0.2, 0) is 10.0 Å². The number of carbonyl (C=O) groups excluding carboxylic acids is 1. The van der Waals surface area contributed by atoms with E-state index in [2.05, 4.69) is 10.3 Å². The Kier molecular flexibility index (Phi) is 4.10. The molecule has 0 aliphatic carbocycles. The fourth-order valence-corrected chi connectivity index (χ4v) is 3.96. The van der Waals surface area contributed by atoms with Gasteiger partial charge in [-0.2, -0.15) is 0 Å². The smallest absolute Gasteiger partial charge is 0.274 e. The number of amides is 1. The Labute approximate surface area is 137 Å². The Bertz CT molecular complexity index is 884. The minimum atomic E-state index is -3.37. The third-order valence-electron chi connectivity index (χ3n) is 3.58. The second-order valence-electron chi connectivity index (χ2n) is 5.26. The van der Waals surface area contributed by atoms with E-state index in [1.807, 2.05) is 0 Å². The minimum Gasteiger partial charge on any atom is -0.506 e. The number of benzene rings is 1. The number of nitrogens with one attached hydrogen (secondary N) is 1. The molecule has 3 rings (SSSR count). The highest BCUT2D eigenvalue weighted by Crippen LogP contribution is 2.32. The number of aromatic hydroxyl groups is 1. The minimum absolute atomic E-state index is 0.0324. The molecule has 0 unspecified atom stereocenters. The van der Waals surface area contributed by atoms with Gasteiger partial charge in [0, 0.05) is 6.54 Å². The van der Waals surface area contributed by atoms with Crippen molar-refractivity contribution < 1.29 is 22.7 Å². The number of hydrogen-bond donors (Lipinski definition) is 2. The van der Waals surface area contributed by atoms with Gasteiger partial charge in [-0.05, 0) is 36.8 Å². The second-order valence-corrected chi connectivity index (χ2v) is 7.27. The molecule has 0 atom stereocenters. The van der Waals surface area contributed by atoms with Crippen molar-refractivity contribution in [3.8, 4) is 5.75 Å². The van der Waals surface area contributed by atoms with E-state index in [4.69, 9.17) is 0 Å². The van der Waals surface area contributed by atoms with E-state index in [0.717, 1.165) is 12.3 Å². The summed E-state index contributed by atoms with van der Waals surface area (Å²) < 4.78 is 38.0. The van der Waals surface area contributed by atoms with Crippen LogP contribution < -0.4 is 9.62 Å². The molecular weight excluding hydrogens is 337 g/mol. The molecule has 0 spiro atoms. The Morgan fingerprint density at radius 2 is 2.08 bits per heavy atom. The van der Waals surface area contributed by atoms with Gasteiger partial charge in [0.15, 0.2) is 0 Å². The summed E-state index contributed by atoms with van der Waals surface area (Å²) in [5.74, 6) is -1.37. The summed E-state index contributed by atoms with van der Waals surface area (Å²) in [6.07, 6.45) is 1.42. The van der Waals surface area contributed by atoms with Crippen molar-refractivity contribution in [1.29, 1.82) is 0 Å². The van der Waals surface area contributed by atoms with Crippen LogP contribution in [0, 0.1) is 5.82 Å². The van der Waals surface area contributed by atoms with Gasteiger partial charge < -0.3 is 10.4 Å². The number of aromatic nitrogens is 1. The van der Waals surface area contributed by atoms with Crippen molar-refractivity contribution >= 4 is 27.3 Å². The standard InChI is InChI=1S/C15H14FN3O4S/c16-10-2-4-12(17-9-10)15(21)18-13-8-11(3-5-14(13)20)19-6-1-7-24(19,22)23/h2-5,8-9,20H,1,6-7H2,(H,18,21). The number of carbonyl (C=O) groups is 1. The number of rotatable bonds is 3. The molecule has 7 nitrogen and oxygen atoms in total. The van der Waals surface area contributed by atoms with E-state index in [1.165, 1.54) is 28.6 Å². The van der Waals surface area contributed by atoms with Crippen molar-refractivity contribution in [2.75, 3.05) is 21.9 Å². The van der Waals surface area contributed by atoms with E-state index in [9.17, 15) is 22.7 Å². The predicted octanol–water partition coefficient (Wildman–Crippen LogP) is 1.72. The zero-order chi connectivity index (χ0) is 17.3. The van der Waals surface area contributed by atoms with Gasteiger partial charge in [0.25, 0.3) is 5.91 Å². The van der Waals surface area contributed by atoms with Crippen molar-refractivity contribution in [2.45, 2.75) is 6.42 Å². The molecule has 126 valence electrons. The van der Waals surface area contributed by atoms with Gasteiger partial charge in [-0.3, -0.25) is 9.10 Å². The number of nitrogens with zero attached hydrogens (tertiary/aromatic N) is 2. The highest BCUT2D eigenvalue weighted by atomic mass is 32.2. The highest BCUT2D eigenvalue weighted by Gasteiger charge is 2.29. The molecule has 0 radical (unpaired) electrons. The van der Waals surface area contributed by atoms with Crippen molar-refractivity contribution in [3.63, 3.8) is 0 Å². The lowest BCUT2D eigenvalue weighted by Gasteiger charge is -2.18. The lowest BCUT2D eigenvalue weighted by Crippen LogP contribution is -2.25. The highest BCUT2D eigenvalue weighted by molar-refractivity contribution is 7.93. The van der Waals surface area contributed by atoms with E-state index in [0.29, 0.717) is 18.7 Å². The zero-order valence-electron chi connectivity index (χ0n) is 12.4. The molecule has 1 aromatic heterocycles. The fraction of sp³-hybridized carbons (Fsp3) is 0.200. The molecular formula is C15H14FN3O4S. The molecule has 2 aromatic rings. The first-order valence-electron chi connectivity index (χ1n) is 7.13. The van der Waals surface area contributed by atoms with E-state index in [1.54, 1.807) is 0 Å². The van der Waals surface area contributed by atoms with Gasteiger partial charge in [0.2, 0.25) is 10.0 Å². The average molecular weight is 351 g/mol. The topological polar surface area (TPSA) is 99.6 Å². The third-order valence-corrected chi connectivity index (χ3v) is 5.45. The number of halogens is 1. The van der Waals surface area contributed by atoms with Gasteiger partial charge >= 0.3 is 0 Å². The average Bonchev–Trinajstić information content (AvgIpc) is 2.89. The summed E-state index contributed by atoms with van der Waals surface area (Å²) in [7, 11) is -3.37. The van der Waals surface area contributed by atoms with Crippen LogP contribution in [-0.4, -0.2) is 36.7 Å². The first-order valence-corrected chi connectivity index (χ1v) is 8.74. The lowest BCUT2D eigenvalue weighted by atomic mass is 10.2. The monoisotopic (exact) mass is 351 g/mol.